The van der Waals surface area contributed by atoms with Crippen molar-refractivity contribution >= 4 is 18.2 Å². The van der Waals surface area contributed by atoms with Gasteiger partial charge in [-0.3, -0.25) is 5.10 Å². The smallest absolute Gasteiger partial charge is 0.312 e. The van der Waals surface area contributed by atoms with Gasteiger partial charge in [-0.25, -0.2) is 4.79 Å². The first-order chi connectivity index (χ1) is 7.02. The van der Waals surface area contributed by atoms with Gasteiger partial charge in [-0.15, -0.1) is 0 Å². The van der Waals surface area contributed by atoms with E-state index in [1.807, 2.05) is 18.4 Å². The Kier molecular flexibility index (Phi) is 3.84. The normalized spacial score (nSPS) is 10.6. The molecule has 6 nitrogen and oxygen atoms in total. The Morgan fingerprint density at radius 2 is 2.40 bits per heavy atom. The van der Waals surface area contributed by atoms with Crippen molar-refractivity contribution in [3.05, 3.63) is 10.6 Å². The number of nitrogens with two attached hydrogens (primary N) is 1. The van der Waals surface area contributed by atoms with Gasteiger partial charge in [0.25, 0.3) is 0 Å². The molecule has 4 N–H and O–H groups in total. The SMILES string of the molecule is CC(C)c1n[nH]c(=S)n1CCNC(N)=O. The molecule has 0 radical (unpaired) electrons. The minimum Gasteiger partial charge on any atom is -0.352 e. The summed E-state index contributed by atoms with van der Waals surface area (Å²) in [5.74, 6) is 1.16. The number of nitrogens with zero attached hydrogens (tertiary/aromatic N) is 2. The van der Waals surface area contributed by atoms with Crippen LogP contribution in [0.2, 0.25) is 0 Å². The van der Waals surface area contributed by atoms with Gasteiger partial charge < -0.3 is 15.6 Å². The molecule has 0 aliphatic carbocycles. The first-order valence-corrected chi connectivity index (χ1v) is 5.11. The zero-order valence-corrected chi connectivity index (χ0v) is 9.60. The molecule has 0 saturated heterocycles. The Balaban J connectivity index is 2.71. The van der Waals surface area contributed by atoms with Crippen LogP contribution in [0.4, 0.5) is 4.79 Å². The fourth-order valence-corrected chi connectivity index (χ4v) is 1.51. The second-order valence-corrected chi connectivity index (χ2v) is 3.87. The summed E-state index contributed by atoms with van der Waals surface area (Å²) in [5, 5.41) is 9.35. The van der Waals surface area contributed by atoms with Gasteiger partial charge in [-0.05, 0) is 12.2 Å². The maximum Gasteiger partial charge on any atom is 0.312 e. The van der Waals surface area contributed by atoms with Crippen LogP contribution in [0.5, 0.6) is 0 Å². The molecule has 0 spiro atoms. The molecular formula is C8H15N5OS. The highest BCUT2D eigenvalue weighted by atomic mass is 32.1. The average molecular weight is 229 g/mol. The number of aromatic nitrogens is 3. The van der Waals surface area contributed by atoms with E-state index in [-0.39, 0.29) is 5.92 Å². The zero-order chi connectivity index (χ0) is 11.4. The van der Waals surface area contributed by atoms with Gasteiger partial charge in [0.2, 0.25) is 0 Å². The largest absolute Gasteiger partial charge is 0.352 e. The fourth-order valence-electron chi connectivity index (χ4n) is 1.28. The number of carbonyl (C=O) groups is 1. The Morgan fingerprint density at radius 1 is 1.73 bits per heavy atom. The first-order valence-electron chi connectivity index (χ1n) is 4.70. The third-order valence-corrected chi connectivity index (χ3v) is 2.25. The summed E-state index contributed by atoms with van der Waals surface area (Å²) >= 11 is 5.07. The Morgan fingerprint density at radius 3 is 2.93 bits per heavy atom. The van der Waals surface area contributed by atoms with E-state index in [4.69, 9.17) is 18.0 Å². The van der Waals surface area contributed by atoms with Crippen molar-refractivity contribution in [2.24, 2.45) is 5.73 Å². The summed E-state index contributed by atoms with van der Waals surface area (Å²) in [4.78, 5) is 10.5. The number of carbonyl (C=O) groups excluding carboxylic acids is 1. The molecule has 7 heteroatoms. The van der Waals surface area contributed by atoms with Crippen molar-refractivity contribution in [3.63, 3.8) is 0 Å². The molecule has 1 aromatic rings. The molecule has 0 atom stereocenters. The number of H-pyrrole nitrogens is 1. The molecule has 1 aromatic heterocycles. The number of rotatable bonds is 4. The summed E-state index contributed by atoms with van der Waals surface area (Å²) in [6, 6.07) is -0.531. The van der Waals surface area contributed by atoms with Crippen LogP contribution in [0, 0.1) is 4.77 Å². The molecule has 0 fully saturated rings. The van der Waals surface area contributed by atoms with Gasteiger partial charge in [0.05, 0.1) is 0 Å². The number of hydrogen-bond acceptors (Lipinski definition) is 3. The van der Waals surface area contributed by atoms with Crippen LogP contribution in [-0.4, -0.2) is 27.3 Å². The van der Waals surface area contributed by atoms with E-state index in [9.17, 15) is 4.79 Å². The van der Waals surface area contributed by atoms with Crippen LogP contribution in [0.3, 0.4) is 0 Å². The monoisotopic (exact) mass is 229 g/mol. The van der Waals surface area contributed by atoms with Gasteiger partial charge in [0, 0.05) is 19.0 Å². The van der Waals surface area contributed by atoms with Crippen molar-refractivity contribution in [1.82, 2.24) is 20.1 Å². The highest BCUT2D eigenvalue weighted by Crippen LogP contribution is 2.10. The topological polar surface area (TPSA) is 88.7 Å². The predicted molar refractivity (Wildman–Crippen MR) is 59.1 cm³/mol. The van der Waals surface area contributed by atoms with Crippen LogP contribution in [0.15, 0.2) is 0 Å². The zero-order valence-electron chi connectivity index (χ0n) is 8.78. The standard InChI is InChI=1S/C8H15N5OS/c1-5(2)6-11-12-8(15)13(6)4-3-10-7(9)14/h5H,3-4H2,1-2H3,(H,12,15)(H3,9,10,14). The van der Waals surface area contributed by atoms with Crippen molar-refractivity contribution in [2.45, 2.75) is 26.3 Å². The quantitative estimate of drug-likeness (QED) is 0.665. The molecule has 15 heavy (non-hydrogen) atoms. The molecule has 84 valence electrons. The average Bonchev–Trinajstić information content (AvgIpc) is 2.47. The Labute approximate surface area is 92.9 Å². The van der Waals surface area contributed by atoms with Gasteiger partial charge in [-0.1, -0.05) is 13.8 Å². The number of aromatic amines is 1. The lowest BCUT2D eigenvalue weighted by Gasteiger charge is -2.08. The van der Waals surface area contributed by atoms with E-state index in [0.29, 0.717) is 17.9 Å². The van der Waals surface area contributed by atoms with Crippen molar-refractivity contribution in [2.75, 3.05) is 6.54 Å². The first kappa shape index (κ1) is 11.7. The molecule has 0 aromatic carbocycles. The van der Waals surface area contributed by atoms with Crippen LogP contribution in [0.1, 0.15) is 25.6 Å². The summed E-state index contributed by atoms with van der Waals surface area (Å²) in [5.41, 5.74) is 4.96. The minimum absolute atomic E-state index is 0.284. The van der Waals surface area contributed by atoms with Crippen LogP contribution in [-0.2, 0) is 6.54 Å². The second-order valence-electron chi connectivity index (χ2n) is 3.48. The third kappa shape index (κ3) is 3.05. The highest BCUT2D eigenvalue weighted by Gasteiger charge is 2.09. The van der Waals surface area contributed by atoms with Crippen molar-refractivity contribution < 1.29 is 4.79 Å². The molecule has 1 rings (SSSR count). The lowest BCUT2D eigenvalue weighted by Crippen LogP contribution is -2.32. The van der Waals surface area contributed by atoms with Gasteiger partial charge in [0.1, 0.15) is 5.82 Å². The van der Waals surface area contributed by atoms with Gasteiger partial charge >= 0.3 is 6.03 Å². The number of amides is 2. The second kappa shape index (κ2) is 4.92. The van der Waals surface area contributed by atoms with E-state index in [2.05, 4.69) is 15.5 Å². The molecular weight excluding hydrogens is 214 g/mol. The number of nitrogens with one attached hydrogen (secondary N) is 2. The van der Waals surface area contributed by atoms with Crippen molar-refractivity contribution in [3.8, 4) is 0 Å². The van der Waals surface area contributed by atoms with Gasteiger partial charge in [-0.2, -0.15) is 5.10 Å². The number of primary amides is 1. The van der Waals surface area contributed by atoms with Crippen LogP contribution in [0.25, 0.3) is 0 Å². The summed E-state index contributed by atoms with van der Waals surface area (Å²) < 4.78 is 2.42. The van der Waals surface area contributed by atoms with E-state index < -0.39 is 6.03 Å². The molecule has 1 heterocycles. The lowest BCUT2D eigenvalue weighted by molar-refractivity contribution is 0.248. The van der Waals surface area contributed by atoms with Crippen molar-refractivity contribution in [1.29, 1.82) is 0 Å². The fraction of sp³-hybridized carbons (Fsp3) is 0.625. The van der Waals surface area contributed by atoms with Crippen LogP contribution >= 0.6 is 12.2 Å². The minimum atomic E-state index is -0.531. The van der Waals surface area contributed by atoms with Gasteiger partial charge in [0.15, 0.2) is 4.77 Å². The lowest BCUT2D eigenvalue weighted by atomic mass is 10.2. The van der Waals surface area contributed by atoms with Crippen LogP contribution < -0.4 is 11.1 Å². The number of urea groups is 1. The summed E-state index contributed by atoms with van der Waals surface area (Å²) in [6.07, 6.45) is 0. The predicted octanol–water partition coefficient (Wildman–Crippen LogP) is 0.732. The van der Waals surface area contributed by atoms with E-state index in [0.717, 1.165) is 5.82 Å². The van der Waals surface area contributed by atoms with E-state index in [1.54, 1.807) is 0 Å². The Bertz CT molecular complexity index is 394. The summed E-state index contributed by atoms with van der Waals surface area (Å²) in [6.45, 7) is 5.08. The molecule has 0 aliphatic rings. The molecule has 0 aliphatic heterocycles. The molecule has 0 unspecified atom stereocenters. The third-order valence-electron chi connectivity index (χ3n) is 1.94. The highest BCUT2D eigenvalue weighted by molar-refractivity contribution is 7.71. The van der Waals surface area contributed by atoms with E-state index in [1.165, 1.54) is 0 Å². The maximum atomic E-state index is 10.5. The molecule has 2 amide bonds. The number of hydrogen-bond donors (Lipinski definition) is 3. The molecule has 0 bridgehead atoms. The van der Waals surface area contributed by atoms with E-state index >= 15 is 0 Å². The molecule has 0 saturated carbocycles. The summed E-state index contributed by atoms with van der Waals surface area (Å²) in [7, 11) is 0. The Hall–Kier alpha value is -1.37. The maximum absolute atomic E-state index is 10.5.